The summed E-state index contributed by atoms with van der Waals surface area (Å²) in [6.45, 7) is 2.99. The lowest BCUT2D eigenvalue weighted by Gasteiger charge is -2.19. The van der Waals surface area contributed by atoms with E-state index in [-0.39, 0.29) is 0 Å². The second-order valence-corrected chi connectivity index (χ2v) is 6.29. The summed E-state index contributed by atoms with van der Waals surface area (Å²) in [6.07, 6.45) is 6.72. The van der Waals surface area contributed by atoms with Gasteiger partial charge in [-0.1, -0.05) is 35.9 Å². The molecule has 1 saturated carbocycles. The van der Waals surface area contributed by atoms with Crippen LogP contribution >= 0.6 is 0 Å². The molecule has 1 aliphatic carbocycles. The lowest BCUT2D eigenvalue weighted by molar-refractivity contribution is 0.475. The highest BCUT2D eigenvalue weighted by atomic mass is 15.0. The maximum Gasteiger partial charge on any atom is 0.136 e. The third-order valence-corrected chi connectivity index (χ3v) is 4.53. The highest BCUT2D eigenvalue weighted by molar-refractivity contribution is 5.39. The highest BCUT2D eigenvalue weighted by Gasteiger charge is 2.32. The van der Waals surface area contributed by atoms with Crippen molar-refractivity contribution < 1.29 is 0 Å². The number of aryl methyl sites for hydroxylation is 1. The molecule has 0 bridgehead atoms. The molecule has 112 valence electrons. The fourth-order valence-electron chi connectivity index (χ4n) is 3.09. The highest BCUT2D eigenvalue weighted by Crippen LogP contribution is 2.41. The summed E-state index contributed by atoms with van der Waals surface area (Å²) in [5.74, 6) is 0.780. The van der Waals surface area contributed by atoms with Gasteiger partial charge < -0.3 is 9.72 Å². The Labute approximate surface area is 131 Å². The van der Waals surface area contributed by atoms with E-state index in [1.54, 1.807) is 0 Å². The number of aromatic nitrogens is 2. The Bertz CT molecular complexity index is 769. The SMILES string of the molecule is Cc1ccc(C(NCc2cnc3ccccn23)C2CC2)cc1. The van der Waals surface area contributed by atoms with Gasteiger partial charge >= 0.3 is 0 Å². The summed E-state index contributed by atoms with van der Waals surface area (Å²) in [7, 11) is 0. The van der Waals surface area contributed by atoms with E-state index >= 15 is 0 Å². The number of hydrogen-bond acceptors (Lipinski definition) is 2. The molecule has 4 rings (SSSR count). The molecule has 1 unspecified atom stereocenters. The van der Waals surface area contributed by atoms with E-state index in [4.69, 9.17) is 0 Å². The van der Waals surface area contributed by atoms with Crippen molar-refractivity contribution in [1.29, 1.82) is 0 Å². The second-order valence-electron chi connectivity index (χ2n) is 6.29. The van der Waals surface area contributed by atoms with Crippen molar-refractivity contribution in [2.45, 2.75) is 32.4 Å². The molecule has 1 atom stereocenters. The van der Waals surface area contributed by atoms with E-state index in [0.717, 1.165) is 18.1 Å². The van der Waals surface area contributed by atoms with Crippen LogP contribution in [0.5, 0.6) is 0 Å². The minimum Gasteiger partial charge on any atom is -0.304 e. The molecule has 0 spiro atoms. The summed E-state index contributed by atoms with van der Waals surface area (Å²) in [5.41, 5.74) is 4.95. The minimum absolute atomic E-state index is 0.454. The number of benzene rings is 1. The molecule has 2 heterocycles. The molecule has 1 aliphatic rings. The molecule has 0 amide bonds. The number of fused-ring (bicyclic) bond motifs is 1. The van der Waals surface area contributed by atoms with Gasteiger partial charge in [0.15, 0.2) is 0 Å². The van der Waals surface area contributed by atoms with Crippen molar-refractivity contribution in [2.24, 2.45) is 5.92 Å². The van der Waals surface area contributed by atoms with Crippen LogP contribution in [0.15, 0.2) is 54.9 Å². The van der Waals surface area contributed by atoms with E-state index in [0.29, 0.717) is 6.04 Å². The van der Waals surface area contributed by atoms with E-state index in [1.807, 2.05) is 18.3 Å². The zero-order chi connectivity index (χ0) is 14.9. The topological polar surface area (TPSA) is 29.3 Å². The Morgan fingerprint density at radius 2 is 2.00 bits per heavy atom. The Morgan fingerprint density at radius 3 is 2.77 bits per heavy atom. The van der Waals surface area contributed by atoms with Crippen molar-refractivity contribution in [3.05, 3.63) is 71.7 Å². The fraction of sp³-hybridized carbons (Fsp3) is 0.316. The molecule has 3 heteroatoms. The smallest absolute Gasteiger partial charge is 0.136 e. The number of pyridine rings is 1. The molecular formula is C19H21N3. The third-order valence-electron chi connectivity index (χ3n) is 4.53. The lowest BCUT2D eigenvalue weighted by atomic mass is 10.0. The maximum atomic E-state index is 4.46. The van der Waals surface area contributed by atoms with Gasteiger partial charge in [-0.3, -0.25) is 0 Å². The quantitative estimate of drug-likeness (QED) is 0.773. The van der Waals surface area contributed by atoms with E-state index < -0.39 is 0 Å². The van der Waals surface area contributed by atoms with Gasteiger partial charge in [0, 0.05) is 18.8 Å². The fourth-order valence-corrected chi connectivity index (χ4v) is 3.09. The minimum atomic E-state index is 0.454. The van der Waals surface area contributed by atoms with Crippen LogP contribution in [0.4, 0.5) is 0 Å². The van der Waals surface area contributed by atoms with Crippen molar-refractivity contribution >= 4 is 5.65 Å². The van der Waals surface area contributed by atoms with Gasteiger partial charge in [0.2, 0.25) is 0 Å². The van der Waals surface area contributed by atoms with Gasteiger partial charge in [0.25, 0.3) is 0 Å². The zero-order valence-electron chi connectivity index (χ0n) is 12.9. The molecule has 0 radical (unpaired) electrons. The van der Waals surface area contributed by atoms with Gasteiger partial charge in [-0.05, 0) is 43.4 Å². The van der Waals surface area contributed by atoms with E-state index in [2.05, 4.69) is 58.2 Å². The van der Waals surface area contributed by atoms with Crippen LogP contribution in [0, 0.1) is 12.8 Å². The van der Waals surface area contributed by atoms with Crippen molar-refractivity contribution in [1.82, 2.24) is 14.7 Å². The Kier molecular flexibility index (Phi) is 3.43. The van der Waals surface area contributed by atoms with Crippen molar-refractivity contribution in [2.75, 3.05) is 0 Å². The van der Waals surface area contributed by atoms with Gasteiger partial charge in [0.1, 0.15) is 5.65 Å². The number of rotatable bonds is 5. The largest absolute Gasteiger partial charge is 0.304 e. The molecule has 0 aliphatic heterocycles. The molecule has 0 saturated heterocycles. The molecule has 3 nitrogen and oxygen atoms in total. The first kappa shape index (κ1) is 13.5. The number of nitrogens with zero attached hydrogens (tertiary/aromatic N) is 2. The van der Waals surface area contributed by atoms with E-state index in [9.17, 15) is 0 Å². The molecule has 1 aromatic carbocycles. The second kappa shape index (κ2) is 5.58. The third kappa shape index (κ3) is 2.64. The molecule has 3 aromatic rings. The summed E-state index contributed by atoms with van der Waals surface area (Å²) in [5, 5.41) is 3.75. The molecule has 1 fully saturated rings. The van der Waals surface area contributed by atoms with E-state index in [1.165, 1.54) is 29.7 Å². The predicted molar refractivity (Wildman–Crippen MR) is 88.7 cm³/mol. The summed E-state index contributed by atoms with van der Waals surface area (Å²) < 4.78 is 2.16. The monoisotopic (exact) mass is 291 g/mol. The molecule has 1 N–H and O–H groups in total. The number of nitrogens with one attached hydrogen (secondary N) is 1. The van der Waals surface area contributed by atoms with Crippen LogP contribution in [0.2, 0.25) is 0 Å². The Morgan fingerprint density at radius 1 is 1.18 bits per heavy atom. The summed E-state index contributed by atoms with van der Waals surface area (Å²) >= 11 is 0. The standard InChI is InChI=1S/C19H21N3/c1-14-5-7-15(8-6-14)19(16-9-10-16)21-13-17-12-20-18-4-2-3-11-22(17)18/h2-8,11-12,16,19,21H,9-10,13H2,1H3. The van der Waals surface area contributed by atoms with Gasteiger partial charge in [-0.25, -0.2) is 4.98 Å². The first-order valence-corrected chi connectivity index (χ1v) is 8.02. The zero-order valence-corrected chi connectivity index (χ0v) is 12.9. The van der Waals surface area contributed by atoms with Gasteiger partial charge in [0.05, 0.1) is 11.9 Å². The average molecular weight is 291 g/mol. The average Bonchev–Trinajstić information content (AvgIpc) is 3.30. The van der Waals surface area contributed by atoms with Crippen LogP contribution in [0.1, 0.15) is 35.7 Å². The van der Waals surface area contributed by atoms with Crippen LogP contribution in [-0.4, -0.2) is 9.38 Å². The lowest BCUT2D eigenvalue weighted by Crippen LogP contribution is -2.23. The normalized spacial score (nSPS) is 16.0. The molecule has 2 aromatic heterocycles. The molecular weight excluding hydrogens is 270 g/mol. The number of hydrogen-bond donors (Lipinski definition) is 1. The van der Waals surface area contributed by atoms with Crippen molar-refractivity contribution in [3.63, 3.8) is 0 Å². The van der Waals surface area contributed by atoms with Gasteiger partial charge in [-0.15, -0.1) is 0 Å². The summed E-state index contributed by atoms with van der Waals surface area (Å²) in [6, 6.07) is 15.5. The molecule has 22 heavy (non-hydrogen) atoms. The first-order chi connectivity index (χ1) is 10.8. The van der Waals surface area contributed by atoms with Crippen LogP contribution < -0.4 is 5.32 Å². The Hall–Kier alpha value is -2.13. The van der Waals surface area contributed by atoms with Crippen LogP contribution in [0.25, 0.3) is 5.65 Å². The first-order valence-electron chi connectivity index (χ1n) is 8.02. The van der Waals surface area contributed by atoms with Crippen molar-refractivity contribution in [3.8, 4) is 0 Å². The van der Waals surface area contributed by atoms with Crippen LogP contribution in [-0.2, 0) is 6.54 Å². The maximum absolute atomic E-state index is 4.46. The number of imidazole rings is 1. The van der Waals surface area contributed by atoms with Crippen LogP contribution in [0.3, 0.4) is 0 Å². The van der Waals surface area contributed by atoms with Gasteiger partial charge in [-0.2, -0.15) is 0 Å². The summed E-state index contributed by atoms with van der Waals surface area (Å²) in [4.78, 5) is 4.46. The Balaban J connectivity index is 1.54. The predicted octanol–water partition coefficient (Wildman–Crippen LogP) is 3.88.